The Hall–Kier alpha value is -1.59. The minimum Gasteiger partial charge on any atom is -0.396 e. The number of carbonyl (C=O) groups is 1. The molecule has 0 spiro atoms. The molecule has 1 aliphatic carbocycles. The highest BCUT2D eigenvalue weighted by atomic mass is 16.5. The molecule has 1 aromatic carbocycles. The van der Waals surface area contributed by atoms with Gasteiger partial charge in [-0.25, -0.2) is 4.79 Å². The topological polar surface area (TPSA) is 70.6 Å². The number of carbonyl (C=O) groups excluding carboxylic acids is 1. The molecule has 5 heteroatoms. The Kier molecular flexibility index (Phi) is 5.80. The van der Waals surface area contributed by atoms with Gasteiger partial charge in [-0.1, -0.05) is 25.5 Å². The first-order valence-corrected chi connectivity index (χ1v) is 7.92. The molecule has 5 nitrogen and oxygen atoms in total. The predicted molar refractivity (Wildman–Crippen MR) is 86.8 cm³/mol. The summed E-state index contributed by atoms with van der Waals surface area (Å²) in [5.74, 6) is 0. The van der Waals surface area contributed by atoms with E-state index in [0.29, 0.717) is 13.2 Å². The number of amides is 2. The molecule has 2 unspecified atom stereocenters. The van der Waals surface area contributed by atoms with E-state index < -0.39 is 0 Å². The molecule has 0 bridgehead atoms. The molecule has 2 atom stereocenters. The maximum atomic E-state index is 12.1. The first-order chi connectivity index (χ1) is 10.6. The summed E-state index contributed by atoms with van der Waals surface area (Å²) >= 11 is 0. The van der Waals surface area contributed by atoms with E-state index in [4.69, 9.17) is 4.74 Å². The Balaban J connectivity index is 1.86. The van der Waals surface area contributed by atoms with Crippen molar-refractivity contribution in [2.45, 2.75) is 45.8 Å². The number of benzene rings is 1. The van der Waals surface area contributed by atoms with Crippen molar-refractivity contribution in [1.82, 2.24) is 5.32 Å². The second-order valence-electron chi connectivity index (χ2n) is 6.19. The van der Waals surface area contributed by atoms with Gasteiger partial charge in [-0.15, -0.1) is 0 Å². The lowest BCUT2D eigenvalue weighted by atomic mass is 9.86. The molecule has 0 saturated heterocycles. The average Bonchev–Trinajstić information content (AvgIpc) is 2.88. The SMILES string of the molecule is CCOCc1ccc(NC(=O)NC2CCCC2(C)CO)cc1. The summed E-state index contributed by atoms with van der Waals surface area (Å²) in [5, 5.41) is 15.3. The number of aliphatic hydroxyl groups excluding tert-OH is 1. The van der Waals surface area contributed by atoms with E-state index in [-0.39, 0.29) is 24.1 Å². The number of aliphatic hydroxyl groups is 1. The number of nitrogens with one attached hydrogen (secondary N) is 2. The molecule has 0 aromatic heterocycles. The zero-order valence-electron chi connectivity index (χ0n) is 13.4. The summed E-state index contributed by atoms with van der Waals surface area (Å²) < 4.78 is 5.34. The summed E-state index contributed by atoms with van der Waals surface area (Å²) in [6.07, 6.45) is 2.90. The third-order valence-electron chi connectivity index (χ3n) is 4.43. The van der Waals surface area contributed by atoms with Gasteiger partial charge in [0.2, 0.25) is 0 Å². The van der Waals surface area contributed by atoms with E-state index in [1.54, 1.807) is 0 Å². The van der Waals surface area contributed by atoms with Crippen LogP contribution in [0.15, 0.2) is 24.3 Å². The minimum absolute atomic E-state index is 0.0229. The lowest BCUT2D eigenvalue weighted by Crippen LogP contribution is -2.46. The third kappa shape index (κ3) is 4.21. The van der Waals surface area contributed by atoms with Crippen LogP contribution in [0.1, 0.15) is 38.7 Å². The minimum atomic E-state index is -0.218. The van der Waals surface area contributed by atoms with Crippen molar-refractivity contribution in [2.75, 3.05) is 18.5 Å². The van der Waals surface area contributed by atoms with Crippen LogP contribution in [0.4, 0.5) is 10.5 Å². The van der Waals surface area contributed by atoms with Crippen molar-refractivity contribution in [1.29, 1.82) is 0 Å². The monoisotopic (exact) mass is 306 g/mol. The number of hydrogen-bond donors (Lipinski definition) is 3. The molecule has 1 fully saturated rings. The van der Waals surface area contributed by atoms with Crippen molar-refractivity contribution in [3.8, 4) is 0 Å². The molecule has 1 aliphatic rings. The van der Waals surface area contributed by atoms with Gasteiger partial charge in [0.1, 0.15) is 0 Å². The van der Waals surface area contributed by atoms with Crippen LogP contribution in [-0.4, -0.2) is 30.4 Å². The molecule has 3 N–H and O–H groups in total. The zero-order chi connectivity index (χ0) is 16.0. The fourth-order valence-electron chi connectivity index (χ4n) is 2.90. The normalized spacial score (nSPS) is 24.2. The molecule has 1 aromatic rings. The standard InChI is InChI=1S/C17H26N2O3/c1-3-22-11-13-6-8-14(9-7-13)18-16(21)19-15-5-4-10-17(15,2)12-20/h6-9,15,20H,3-5,10-12H2,1-2H3,(H2,18,19,21). The fraction of sp³-hybridized carbons (Fsp3) is 0.588. The van der Waals surface area contributed by atoms with Gasteiger partial charge in [0.05, 0.1) is 13.2 Å². The van der Waals surface area contributed by atoms with Crippen LogP contribution in [0, 0.1) is 5.41 Å². The number of ether oxygens (including phenoxy) is 1. The van der Waals surface area contributed by atoms with Gasteiger partial charge < -0.3 is 20.5 Å². The van der Waals surface area contributed by atoms with E-state index in [1.165, 1.54) is 0 Å². The van der Waals surface area contributed by atoms with Crippen molar-refractivity contribution in [3.05, 3.63) is 29.8 Å². The first kappa shape index (κ1) is 16.8. The Bertz CT molecular complexity index is 489. The molecule has 2 rings (SSSR count). The summed E-state index contributed by atoms with van der Waals surface area (Å²) in [5.41, 5.74) is 1.62. The van der Waals surface area contributed by atoms with Crippen LogP contribution in [-0.2, 0) is 11.3 Å². The van der Waals surface area contributed by atoms with Gasteiger partial charge in [0.25, 0.3) is 0 Å². The molecule has 1 saturated carbocycles. The summed E-state index contributed by atoms with van der Waals surface area (Å²) in [6, 6.07) is 7.43. The van der Waals surface area contributed by atoms with Crippen LogP contribution in [0.5, 0.6) is 0 Å². The lowest BCUT2D eigenvalue weighted by molar-refractivity contribution is 0.122. The highest BCUT2D eigenvalue weighted by molar-refractivity contribution is 5.89. The van der Waals surface area contributed by atoms with E-state index in [2.05, 4.69) is 10.6 Å². The van der Waals surface area contributed by atoms with E-state index in [9.17, 15) is 9.90 Å². The molecule has 0 aliphatic heterocycles. The van der Waals surface area contributed by atoms with Gasteiger partial charge in [0.15, 0.2) is 0 Å². The number of hydrogen-bond acceptors (Lipinski definition) is 3. The first-order valence-electron chi connectivity index (χ1n) is 7.92. The molecule has 0 heterocycles. The molecule has 2 amide bonds. The van der Waals surface area contributed by atoms with Crippen LogP contribution in [0.2, 0.25) is 0 Å². The predicted octanol–water partition coefficient (Wildman–Crippen LogP) is 2.90. The highest BCUT2D eigenvalue weighted by Crippen LogP contribution is 2.37. The number of urea groups is 1. The molecule has 122 valence electrons. The van der Waals surface area contributed by atoms with Gasteiger partial charge >= 0.3 is 6.03 Å². The van der Waals surface area contributed by atoms with E-state index >= 15 is 0 Å². The second-order valence-corrected chi connectivity index (χ2v) is 6.19. The quantitative estimate of drug-likeness (QED) is 0.757. The van der Waals surface area contributed by atoms with Gasteiger partial charge in [-0.05, 0) is 37.5 Å². The Morgan fingerprint density at radius 2 is 2.14 bits per heavy atom. The fourth-order valence-corrected chi connectivity index (χ4v) is 2.90. The largest absolute Gasteiger partial charge is 0.396 e. The number of anilines is 1. The van der Waals surface area contributed by atoms with Crippen LogP contribution in [0.3, 0.4) is 0 Å². The highest BCUT2D eigenvalue weighted by Gasteiger charge is 2.39. The van der Waals surface area contributed by atoms with Crippen molar-refractivity contribution in [3.63, 3.8) is 0 Å². The van der Waals surface area contributed by atoms with Crippen LogP contribution in [0.25, 0.3) is 0 Å². The average molecular weight is 306 g/mol. The number of rotatable bonds is 6. The molecule has 22 heavy (non-hydrogen) atoms. The van der Waals surface area contributed by atoms with Crippen molar-refractivity contribution in [2.24, 2.45) is 5.41 Å². The maximum Gasteiger partial charge on any atom is 0.319 e. The molecular formula is C17H26N2O3. The van der Waals surface area contributed by atoms with Crippen molar-refractivity contribution >= 4 is 11.7 Å². The van der Waals surface area contributed by atoms with Gasteiger partial charge in [0, 0.05) is 23.8 Å². The summed E-state index contributed by atoms with van der Waals surface area (Å²) in [6.45, 7) is 5.36. The van der Waals surface area contributed by atoms with Gasteiger partial charge in [-0.3, -0.25) is 0 Å². The van der Waals surface area contributed by atoms with Crippen molar-refractivity contribution < 1.29 is 14.6 Å². The maximum absolute atomic E-state index is 12.1. The van der Waals surface area contributed by atoms with Crippen LogP contribution >= 0.6 is 0 Å². The Morgan fingerprint density at radius 1 is 1.41 bits per heavy atom. The Labute approximate surface area is 132 Å². The van der Waals surface area contributed by atoms with E-state index in [1.807, 2.05) is 38.1 Å². The third-order valence-corrected chi connectivity index (χ3v) is 4.43. The van der Waals surface area contributed by atoms with E-state index in [0.717, 1.165) is 30.5 Å². The molecule has 0 radical (unpaired) electrons. The second kappa shape index (κ2) is 7.61. The summed E-state index contributed by atoms with van der Waals surface area (Å²) in [4.78, 5) is 12.1. The van der Waals surface area contributed by atoms with Gasteiger partial charge in [-0.2, -0.15) is 0 Å². The summed E-state index contributed by atoms with van der Waals surface area (Å²) in [7, 11) is 0. The smallest absolute Gasteiger partial charge is 0.319 e. The zero-order valence-corrected chi connectivity index (χ0v) is 13.4. The van der Waals surface area contributed by atoms with Crippen LogP contribution < -0.4 is 10.6 Å². The molecular weight excluding hydrogens is 280 g/mol. The Morgan fingerprint density at radius 3 is 2.77 bits per heavy atom. The lowest BCUT2D eigenvalue weighted by Gasteiger charge is -2.30.